The molecule has 0 aliphatic carbocycles. The van der Waals surface area contributed by atoms with Crippen molar-refractivity contribution in [2.75, 3.05) is 7.05 Å². The van der Waals surface area contributed by atoms with Crippen LogP contribution in [0.4, 0.5) is 0 Å². The molecule has 17 heavy (non-hydrogen) atoms. The van der Waals surface area contributed by atoms with E-state index in [2.05, 4.69) is 44.3 Å². The summed E-state index contributed by atoms with van der Waals surface area (Å²) in [5, 5.41) is 3.41. The molecule has 2 unspecified atom stereocenters. The predicted molar refractivity (Wildman–Crippen MR) is 71.5 cm³/mol. The maximum absolute atomic E-state index is 6.09. The fourth-order valence-electron chi connectivity index (χ4n) is 2.61. The lowest BCUT2D eigenvalue weighted by Crippen LogP contribution is -2.32. The molecule has 0 saturated carbocycles. The average molecular weight is 233 g/mol. The third-order valence-corrected chi connectivity index (χ3v) is 3.42. The van der Waals surface area contributed by atoms with E-state index in [-0.39, 0.29) is 0 Å². The first-order valence-electron chi connectivity index (χ1n) is 6.54. The van der Waals surface area contributed by atoms with E-state index >= 15 is 0 Å². The van der Waals surface area contributed by atoms with Crippen LogP contribution < -0.4 is 10.1 Å². The van der Waals surface area contributed by atoms with Crippen LogP contribution in [0.5, 0.6) is 5.75 Å². The molecule has 1 aliphatic heterocycles. The van der Waals surface area contributed by atoms with Gasteiger partial charge in [-0.05, 0) is 32.4 Å². The first-order valence-corrected chi connectivity index (χ1v) is 6.54. The summed E-state index contributed by atoms with van der Waals surface area (Å²) in [5.74, 6) is 1.75. The van der Waals surface area contributed by atoms with Gasteiger partial charge in [-0.2, -0.15) is 0 Å². The zero-order valence-corrected chi connectivity index (χ0v) is 11.3. The molecule has 0 aromatic heterocycles. The Labute approximate surface area is 104 Å². The van der Waals surface area contributed by atoms with E-state index < -0.39 is 0 Å². The quantitative estimate of drug-likeness (QED) is 0.863. The van der Waals surface area contributed by atoms with Gasteiger partial charge in [-0.15, -0.1) is 0 Å². The van der Waals surface area contributed by atoms with Crippen molar-refractivity contribution in [2.45, 2.75) is 45.8 Å². The Bertz CT molecular complexity index is 387. The monoisotopic (exact) mass is 233 g/mol. The van der Waals surface area contributed by atoms with Crippen LogP contribution in [0.2, 0.25) is 0 Å². The minimum absolute atomic E-state index is 0.350. The summed E-state index contributed by atoms with van der Waals surface area (Å²) in [4.78, 5) is 0. The summed E-state index contributed by atoms with van der Waals surface area (Å²) >= 11 is 0. The van der Waals surface area contributed by atoms with E-state index in [9.17, 15) is 0 Å². The second kappa shape index (κ2) is 5.09. The van der Waals surface area contributed by atoms with Crippen molar-refractivity contribution in [1.29, 1.82) is 0 Å². The predicted octanol–water partition coefficient (Wildman–Crippen LogP) is 3.45. The van der Waals surface area contributed by atoms with Gasteiger partial charge in [0.05, 0.1) is 0 Å². The Balaban J connectivity index is 2.23. The SMILES string of the molecule is CNC1CC(CC(C)C)Oc2ccc(C)cc21. The molecule has 1 aromatic carbocycles. The van der Waals surface area contributed by atoms with Gasteiger partial charge in [-0.1, -0.05) is 31.5 Å². The molecule has 0 saturated heterocycles. The lowest BCUT2D eigenvalue weighted by Gasteiger charge is -2.33. The van der Waals surface area contributed by atoms with Crippen LogP contribution >= 0.6 is 0 Å². The van der Waals surface area contributed by atoms with Gasteiger partial charge in [0.1, 0.15) is 11.9 Å². The van der Waals surface area contributed by atoms with Crippen molar-refractivity contribution >= 4 is 0 Å². The third-order valence-electron chi connectivity index (χ3n) is 3.42. The molecule has 1 aliphatic rings. The van der Waals surface area contributed by atoms with Crippen molar-refractivity contribution in [2.24, 2.45) is 5.92 Å². The topological polar surface area (TPSA) is 21.3 Å². The van der Waals surface area contributed by atoms with Crippen molar-refractivity contribution in [3.05, 3.63) is 29.3 Å². The number of fused-ring (bicyclic) bond motifs is 1. The molecule has 0 amide bonds. The summed E-state index contributed by atoms with van der Waals surface area (Å²) < 4.78 is 6.09. The number of benzene rings is 1. The number of nitrogens with one attached hydrogen (secondary N) is 1. The molecule has 1 heterocycles. The molecule has 2 rings (SSSR count). The van der Waals surface area contributed by atoms with Gasteiger partial charge in [0.2, 0.25) is 0 Å². The number of hydrogen-bond acceptors (Lipinski definition) is 2. The maximum atomic E-state index is 6.09. The summed E-state index contributed by atoms with van der Waals surface area (Å²) in [6, 6.07) is 6.91. The molecule has 2 nitrogen and oxygen atoms in total. The Hall–Kier alpha value is -1.02. The lowest BCUT2D eigenvalue weighted by atomic mass is 9.91. The first-order chi connectivity index (χ1) is 8.10. The Morgan fingerprint density at radius 1 is 1.41 bits per heavy atom. The Morgan fingerprint density at radius 3 is 2.82 bits per heavy atom. The van der Waals surface area contributed by atoms with Crippen LogP contribution in [0.25, 0.3) is 0 Å². The van der Waals surface area contributed by atoms with Gasteiger partial charge in [0, 0.05) is 18.0 Å². The van der Waals surface area contributed by atoms with Gasteiger partial charge in [0.15, 0.2) is 0 Å². The second-order valence-corrected chi connectivity index (χ2v) is 5.49. The second-order valence-electron chi connectivity index (χ2n) is 5.49. The standard InChI is InChI=1S/C15H23NO/c1-10(2)7-12-9-14(16-4)13-8-11(3)5-6-15(13)17-12/h5-6,8,10,12,14,16H,7,9H2,1-4H3. The summed E-state index contributed by atoms with van der Waals surface area (Å²) in [5.41, 5.74) is 2.61. The normalized spacial score (nSPS) is 23.4. The Morgan fingerprint density at radius 2 is 2.18 bits per heavy atom. The minimum Gasteiger partial charge on any atom is -0.490 e. The number of rotatable bonds is 3. The fourth-order valence-corrected chi connectivity index (χ4v) is 2.61. The van der Waals surface area contributed by atoms with E-state index in [0.717, 1.165) is 18.6 Å². The average Bonchev–Trinajstić information content (AvgIpc) is 2.27. The van der Waals surface area contributed by atoms with Crippen LogP contribution in [0.3, 0.4) is 0 Å². The smallest absolute Gasteiger partial charge is 0.124 e. The molecular formula is C15H23NO. The van der Waals surface area contributed by atoms with Crippen molar-refractivity contribution < 1.29 is 4.74 Å². The van der Waals surface area contributed by atoms with E-state index in [4.69, 9.17) is 4.74 Å². The molecule has 0 radical (unpaired) electrons. The molecule has 1 aromatic rings. The van der Waals surface area contributed by atoms with Crippen LogP contribution in [-0.4, -0.2) is 13.2 Å². The number of hydrogen-bond donors (Lipinski definition) is 1. The highest BCUT2D eigenvalue weighted by Gasteiger charge is 2.27. The highest BCUT2D eigenvalue weighted by atomic mass is 16.5. The number of aryl methyl sites for hydroxylation is 1. The maximum Gasteiger partial charge on any atom is 0.124 e. The summed E-state index contributed by atoms with van der Waals surface area (Å²) in [6.07, 6.45) is 2.55. The van der Waals surface area contributed by atoms with E-state index in [0.29, 0.717) is 18.1 Å². The summed E-state index contributed by atoms with van der Waals surface area (Å²) in [6.45, 7) is 6.64. The van der Waals surface area contributed by atoms with E-state index in [1.54, 1.807) is 0 Å². The first kappa shape index (κ1) is 12.4. The molecule has 2 atom stereocenters. The molecule has 1 N–H and O–H groups in total. The van der Waals surface area contributed by atoms with Gasteiger partial charge in [0.25, 0.3) is 0 Å². The van der Waals surface area contributed by atoms with Crippen molar-refractivity contribution in [1.82, 2.24) is 5.32 Å². The Kier molecular flexibility index (Phi) is 3.72. The molecule has 0 fully saturated rings. The molecular weight excluding hydrogens is 210 g/mol. The molecule has 0 bridgehead atoms. The highest BCUT2D eigenvalue weighted by Crippen LogP contribution is 2.36. The van der Waals surface area contributed by atoms with Crippen LogP contribution in [0.15, 0.2) is 18.2 Å². The fraction of sp³-hybridized carbons (Fsp3) is 0.600. The van der Waals surface area contributed by atoms with Crippen LogP contribution in [0, 0.1) is 12.8 Å². The third kappa shape index (κ3) is 2.81. The van der Waals surface area contributed by atoms with Crippen LogP contribution in [0.1, 0.15) is 43.9 Å². The molecule has 0 spiro atoms. The summed E-state index contributed by atoms with van der Waals surface area (Å²) in [7, 11) is 2.04. The van der Waals surface area contributed by atoms with Gasteiger partial charge in [-0.3, -0.25) is 0 Å². The van der Waals surface area contributed by atoms with Gasteiger partial charge in [-0.25, -0.2) is 0 Å². The zero-order valence-electron chi connectivity index (χ0n) is 11.3. The number of ether oxygens (including phenoxy) is 1. The van der Waals surface area contributed by atoms with Crippen LogP contribution in [-0.2, 0) is 0 Å². The van der Waals surface area contributed by atoms with E-state index in [1.807, 2.05) is 7.05 Å². The lowest BCUT2D eigenvalue weighted by molar-refractivity contribution is 0.130. The van der Waals surface area contributed by atoms with Gasteiger partial charge >= 0.3 is 0 Å². The molecule has 94 valence electrons. The van der Waals surface area contributed by atoms with Crippen molar-refractivity contribution in [3.63, 3.8) is 0 Å². The van der Waals surface area contributed by atoms with Gasteiger partial charge < -0.3 is 10.1 Å². The zero-order chi connectivity index (χ0) is 12.4. The molecule has 2 heteroatoms. The largest absolute Gasteiger partial charge is 0.490 e. The van der Waals surface area contributed by atoms with E-state index in [1.165, 1.54) is 11.1 Å². The minimum atomic E-state index is 0.350. The van der Waals surface area contributed by atoms with Crippen molar-refractivity contribution in [3.8, 4) is 5.75 Å². The highest BCUT2D eigenvalue weighted by molar-refractivity contribution is 5.40.